The minimum Gasteiger partial charge on any atom is -0.343 e. The number of rotatable bonds is 2. The third-order valence-corrected chi connectivity index (χ3v) is 6.41. The Balaban J connectivity index is 1.59. The summed E-state index contributed by atoms with van der Waals surface area (Å²) in [6.45, 7) is 1.79. The van der Waals surface area contributed by atoms with Crippen LogP contribution in [0.4, 0.5) is 5.82 Å². The predicted octanol–water partition coefficient (Wildman–Crippen LogP) is 3.68. The highest BCUT2D eigenvalue weighted by Gasteiger charge is 2.40. The normalized spacial score (nSPS) is 20.1. The van der Waals surface area contributed by atoms with Crippen LogP contribution in [0.2, 0.25) is 0 Å². The Morgan fingerprint density at radius 3 is 2.34 bits per heavy atom. The van der Waals surface area contributed by atoms with Gasteiger partial charge in [0.1, 0.15) is 11.6 Å². The first-order valence-electron chi connectivity index (χ1n) is 10.7. The number of Topliss-reactive ketones (excluding diaryl/α,β-unsaturated/α-hetero) is 1. The number of aromatic nitrogens is 4. The van der Waals surface area contributed by atoms with Gasteiger partial charge in [-0.15, -0.1) is 5.10 Å². The van der Waals surface area contributed by atoms with E-state index in [9.17, 15) is 9.59 Å². The first-order valence-corrected chi connectivity index (χ1v) is 10.7. The quantitative estimate of drug-likeness (QED) is 0.513. The number of H-pyrrole nitrogens is 1. The second-order valence-electron chi connectivity index (χ2n) is 8.41. The van der Waals surface area contributed by atoms with E-state index in [2.05, 4.69) is 32.5 Å². The summed E-state index contributed by atoms with van der Waals surface area (Å²) in [4.78, 5) is 33.9. The van der Waals surface area contributed by atoms with Crippen molar-refractivity contribution in [3.63, 3.8) is 0 Å². The largest absolute Gasteiger partial charge is 0.343 e. The Morgan fingerprint density at radius 2 is 1.62 bits per heavy atom. The van der Waals surface area contributed by atoms with Crippen molar-refractivity contribution in [2.24, 2.45) is 0 Å². The number of ketones is 1. The van der Waals surface area contributed by atoms with Crippen LogP contribution in [0.25, 0.3) is 5.78 Å². The summed E-state index contributed by atoms with van der Waals surface area (Å²) in [5.41, 5.74) is 3.83. The molecule has 3 heterocycles. The van der Waals surface area contributed by atoms with Gasteiger partial charge in [-0.05, 0) is 30.4 Å². The number of allylic oxidation sites excluding steroid dienone is 2. The van der Waals surface area contributed by atoms with E-state index >= 15 is 0 Å². The summed E-state index contributed by atoms with van der Waals surface area (Å²) < 4.78 is 1.64. The number of carbonyl (C=O) groups is 1. The van der Waals surface area contributed by atoms with Gasteiger partial charge in [-0.1, -0.05) is 60.7 Å². The summed E-state index contributed by atoms with van der Waals surface area (Å²) >= 11 is 0. The van der Waals surface area contributed by atoms with Crippen LogP contribution in [0.3, 0.4) is 0 Å². The molecule has 4 aromatic rings. The van der Waals surface area contributed by atoms with Crippen LogP contribution in [0.5, 0.6) is 0 Å². The molecule has 0 fully saturated rings. The maximum absolute atomic E-state index is 13.5. The molecule has 6 rings (SSSR count). The van der Waals surface area contributed by atoms with Gasteiger partial charge in [0.2, 0.25) is 5.78 Å². The molecular formula is C25H21N5O2. The molecule has 2 atom stereocenters. The molecule has 0 bridgehead atoms. The van der Waals surface area contributed by atoms with Gasteiger partial charge in [-0.3, -0.25) is 14.6 Å². The van der Waals surface area contributed by atoms with Crippen LogP contribution in [-0.2, 0) is 4.79 Å². The van der Waals surface area contributed by atoms with Crippen molar-refractivity contribution in [1.82, 2.24) is 19.6 Å². The summed E-state index contributed by atoms with van der Waals surface area (Å²) in [5.74, 6) is 1.23. The van der Waals surface area contributed by atoms with Crippen molar-refractivity contribution in [2.75, 3.05) is 5.32 Å². The van der Waals surface area contributed by atoms with Crippen molar-refractivity contribution in [3.05, 3.63) is 105 Å². The first kappa shape index (κ1) is 18.7. The standard InChI is InChI=1S/C25H21N5O2/c1-14-26-25-28-24(32)22-20(16-10-6-3-7-11-16)21-18(27-23(22)30(25)29-14)12-17(13-19(21)31)15-8-4-2-5-9-15/h2-11,17,20,27H,12-13H2,1H3,(H,26,28,29,32)/t17-,20+/m0/s1. The molecule has 1 aliphatic heterocycles. The van der Waals surface area contributed by atoms with Crippen LogP contribution in [-0.4, -0.2) is 25.4 Å². The lowest BCUT2D eigenvalue weighted by Gasteiger charge is -2.36. The van der Waals surface area contributed by atoms with Crippen LogP contribution < -0.4 is 10.9 Å². The topological polar surface area (TPSA) is 92.2 Å². The van der Waals surface area contributed by atoms with Crippen molar-refractivity contribution in [3.8, 4) is 0 Å². The van der Waals surface area contributed by atoms with Crippen LogP contribution in [0.15, 0.2) is 76.7 Å². The van der Waals surface area contributed by atoms with Crippen LogP contribution in [0, 0.1) is 6.92 Å². The summed E-state index contributed by atoms with van der Waals surface area (Å²) in [6.07, 6.45) is 1.11. The van der Waals surface area contributed by atoms with E-state index in [1.165, 1.54) is 0 Å². The number of benzene rings is 2. The number of hydrogen-bond donors (Lipinski definition) is 2. The zero-order valence-electron chi connectivity index (χ0n) is 17.5. The number of nitrogens with one attached hydrogen (secondary N) is 2. The number of aryl methyl sites for hydroxylation is 1. The molecule has 7 nitrogen and oxygen atoms in total. The predicted molar refractivity (Wildman–Crippen MR) is 121 cm³/mol. The number of nitrogens with zero attached hydrogens (tertiary/aromatic N) is 3. The Morgan fingerprint density at radius 1 is 0.938 bits per heavy atom. The molecule has 0 saturated heterocycles. The number of hydrogen-bond acceptors (Lipinski definition) is 5. The minimum absolute atomic E-state index is 0.0707. The SMILES string of the molecule is Cc1nc2[nH]c(=O)c3c(n2n1)NC1=C(C(=O)C[C@@H](c2ccccc2)C1)[C@H]3c1ccccc1. The molecular weight excluding hydrogens is 402 g/mol. The second kappa shape index (κ2) is 7.02. The van der Waals surface area contributed by atoms with Crippen LogP contribution >= 0.6 is 0 Å². The third kappa shape index (κ3) is 2.81. The monoisotopic (exact) mass is 423 g/mol. The Kier molecular flexibility index (Phi) is 4.11. The van der Waals surface area contributed by atoms with Crippen molar-refractivity contribution >= 4 is 17.4 Å². The maximum Gasteiger partial charge on any atom is 0.258 e. The molecule has 7 heteroatoms. The first-order chi connectivity index (χ1) is 15.6. The zero-order chi connectivity index (χ0) is 21.8. The van der Waals surface area contributed by atoms with Gasteiger partial charge >= 0.3 is 0 Å². The van der Waals surface area contributed by atoms with Crippen LogP contribution in [0.1, 0.15) is 47.2 Å². The highest BCUT2D eigenvalue weighted by molar-refractivity contribution is 6.01. The lowest BCUT2D eigenvalue weighted by atomic mass is 9.72. The van der Waals surface area contributed by atoms with Gasteiger partial charge in [0, 0.05) is 23.6 Å². The molecule has 0 unspecified atom stereocenters. The van der Waals surface area contributed by atoms with Crippen molar-refractivity contribution in [1.29, 1.82) is 0 Å². The molecule has 2 aliphatic rings. The van der Waals surface area contributed by atoms with E-state index in [1.54, 1.807) is 11.4 Å². The average Bonchev–Trinajstić information content (AvgIpc) is 3.19. The van der Waals surface area contributed by atoms with E-state index in [0.717, 1.165) is 16.8 Å². The minimum atomic E-state index is -0.454. The lowest BCUT2D eigenvalue weighted by molar-refractivity contribution is -0.116. The Hall–Kier alpha value is -4.00. The highest BCUT2D eigenvalue weighted by atomic mass is 16.1. The molecule has 2 N–H and O–H groups in total. The average molecular weight is 423 g/mol. The third-order valence-electron chi connectivity index (χ3n) is 6.41. The smallest absolute Gasteiger partial charge is 0.258 e. The van der Waals surface area contributed by atoms with Gasteiger partial charge in [-0.25, -0.2) is 0 Å². The van der Waals surface area contributed by atoms with E-state index in [1.807, 2.05) is 48.5 Å². The number of carbonyl (C=O) groups excluding carboxylic acids is 1. The van der Waals surface area contributed by atoms with Gasteiger partial charge in [-0.2, -0.15) is 9.50 Å². The van der Waals surface area contributed by atoms with E-state index < -0.39 is 5.92 Å². The molecule has 1 aliphatic carbocycles. The van der Waals surface area contributed by atoms with Gasteiger partial charge < -0.3 is 5.32 Å². The Labute approximate surface area is 183 Å². The fourth-order valence-corrected chi connectivity index (χ4v) is 5.04. The van der Waals surface area contributed by atoms with Crippen molar-refractivity contribution in [2.45, 2.75) is 31.6 Å². The number of aromatic amines is 1. The zero-order valence-corrected chi connectivity index (χ0v) is 17.5. The fraction of sp³-hybridized carbons (Fsp3) is 0.200. The Bertz CT molecular complexity index is 1450. The molecule has 32 heavy (non-hydrogen) atoms. The number of anilines is 1. The van der Waals surface area contributed by atoms with Gasteiger partial charge in [0.15, 0.2) is 5.78 Å². The molecule has 0 spiro atoms. The summed E-state index contributed by atoms with van der Waals surface area (Å²) in [6, 6.07) is 19.9. The van der Waals surface area contributed by atoms with E-state index in [-0.39, 0.29) is 17.3 Å². The number of fused-ring (bicyclic) bond motifs is 3. The fourth-order valence-electron chi connectivity index (χ4n) is 5.04. The summed E-state index contributed by atoms with van der Waals surface area (Å²) in [7, 11) is 0. The van der Waals surface area contributed by atoms with E-state index in [0.29, 0.717) is 41.4 Å². The molecule has 0 amide bonds. The maximum atomic E-state index is 13.5. The molecule has 2 aromatic heterocycles. The molecule has 0 radical (unpaired) electrons. The summed E-state index contributed by atoms with van der Waals surface area (Å²) in [5, 5.41) is 7.92. The second-order valence-corrected chi connectivity index (χ2v) is 8.41. The van der Waals surface area contributed by atoms with Gasteiger partial charge in [0.25, 0.3) is 5.56 Å². The highest BCUT2D eigenvalue weighted by Crippen LogP contribution is 2.46. The lowest BCUT2D eigenvalue weighted by Crippen LogP contribution is -2.35. The van der Waals surface area contributed by atoms with Crippen molar-refractivity contribution < 1.29 is 4.79 Å². The van der Waals surface area contributed by atoms with E-state index in [4.69, 9.17) is 0 Å². The molecule has 0 saturated carbocycles. The molecule has 158 valence electrons. The van der Waals surface area contributed by atoms with Gasteiger partial charge in [0.05, 0.1) is 5.56 Å². The molecule has 2 aromatic carbocycles.